The van der Waals surface area contributed by atoms with Gasteiger partial charge in [-0.2, -0.15) is 0 Å². The molecule has 0 unspecified atom stereocenters. The number of hydrogen-bond acceptors (Lipinski definition) is 3. The standard InChI is InChI=1S/C3H9N.2CH5N.ClH/c1-2-3-4;2*1-2;/h2-4H2,1H3;2*2H2,1H3;1H. The molecule has 0 aliphatic heterocycles. The highest BCUT2D eigenvalue weighted by atomic mass is 35.5. The summed E-state index contributed by atoms with van der Waals surface area (Å²) in [6, 6.07) is 0. The van der Waals surface area contributed by atoms with Crippen molar-refractivity contribution in [2.75, 3.05) is 20.6 Å². The Morgan fingerprint density at radius 2 is 1.11 bits per heavy atom. The minimum absolute atomic E-state index is 0. The lowest BCUT2D eigenvalue weighted by Crippen LogP contribution is -1.93. The van der Waals surface area contributed by atoms with E-state index < -0.39 is 0 Å². The van der Waals surface area contributed by atoms with Crippen LogP contribution in [0.3, 0.4) is 0 Å². The van der Waals surface area contributed by atoms with Crippen molar-refractivity contribution < 1.29 is 0 Å². The van der Waals surface area contributed by atoms with Crippen LogP contribution >= 0.6 is 12.4 Å². The van der Waals surface area contributed by atoms with Gasteiger partial charge in [0.1, 0.15) is 0 Å². The van der Waals surface area contributed by atoms with Crippen LogP contribution in [0.1, 0.15) is 13.3 Å². The van der Waals surface area contributed by atoms with Gasteiger partial charge in [-0.3, -0.25) is 0 Å². The van der Waals surface area contributed by atoms with Crippen LogP contribution in [0, 0.1) is 0 Å². The third-order valence-corrected chi connectivity index (χ3v) is 0.289. The molecule has 0 bridgehead atoms. The van der Waals surface area contributed by atoms with Crippen LogP contribution in [0.15, 0.2) is 0 Å². The van der Waals surface area contributed by atoms with Crippen LogP contribution in [-0.4, -0.2) is 20.6 Å². The smallest absolute Gasteiger partial charge is 0.00799 e. The van der Waals surface area contributed by atoms with Gasteiger partial charge in [0.25, 0.3) is 0 Å². The molecule has 0 aromatic rings. The van der Waals surface area contributed by atoms with E-state index in [0.717, 1.165) is 13.0 Å². The number of rotatable bonds is 1. The van der Waals surface area contributed by atoms with Crippen molar-refractivity contribution in [3.05, 3.63) is 0 Å². The molecule has 0 rings (SSSR count). The van der Waals surface area contributed by atoms with E-state index >= 15 is 0 Å². The summed E-state index contributed by atoms with van der Waals surface area (Å²) in [6.45, 7) is 2.88. The Morgan fingerprint density at radius 1 is 1.00 bits per heavy atom. The molecule has 0 radical (unpaired) electrons. The van der Waals surface area contributed by atoms with Crippen LogP contribution in [0.2, 0.25) is 0 Å². The minimum atomic E-state index is 0. The SMILES string of the molecule is CCCN.CN.CN.Cl. The maximum Gasteiger partial charge on any atom is -0.00799 e. The Kier molecular flexibility index (Phi) is 227. The molecule has 0 atom stereocenters. The summed E-state index contributed by atoms with van der Waals surface area (Å²) < 4.78 is 0. The van der Waals surface area contributed by atoms with E-state index in [4.69, 9.17) is 5.73 Å². The first kappa shape index (κ1) is 22.9. The van der Waals surface area contributed by atoms with Crippen LogP contribution in [-0.2, 0) is 0 Å². The molecule has 62 valence electrons. The average Bonchev–Trinajstić information content (AvgIpc) is 1.96. The molecular formula is C5H20ClN3. The Labute approximate surface area is 64.4 Å². The number of halogens is 1. The van der Waals surface area contributed by atoms with Gasteiger partial charge in [0, 0.05) is 0 Å². The maximum absolute atomic E-state index is 5.03. The van der Waals surface area contributed by atoms with Crippen LogP contribution in [0.5, 0.6) is 0 Å². The molecule has 0 fully saturated rings. The van der Waals surface area contributed by atoms with Crippen LogP contribution in [0.4, 0.5) is 0 Å². The summed E-state index contributed by atoms with van der Waals surface area (Å²) in [6.07, 6.45) is 1.10. The monoisotopic (exact) mass is 157 g/mol. The van der Waals surface area contributed by atoms with Crippen molar-refractivity contribution >= 4 is 12.4 Å². The number of nitrogens with two attached hydrogens (primary N) is 3. The van der Waals surface area contributed by atoms with Crippen molar-refractivity contribution in [3.8, 4) is 0 Å². The predicted octanol–water partition coefficient (Wildman–Crippen LogP) is -0.0733. The summed E-state index contributed by atoms with van der Waals surface area (Å²) in [4.78, 5) is 0. The molecule has 0 spiro atoms. The van der Waals surface area contributed by atoms with Gasteiger partial charge < -0.3 is 17.2 Å². The topological polar surface area (TPSA) is 78.1 Å². The first-order valence-electron chi connectivity index (χ1n) is 2.77. The second kappa shape index (κ2) is 89.2. The van der Waals surface area contributed by atoms with Crippen molar-refractivity contribution in [1.82, 2.24) is 0 Å². The Bertz CT molecular complexity index is 14.2. The molecule has 9 heavy (non-hydrogen) atoms. The Balaban J connectivity index is -0.0000000221. The summed E-state index contributed by atoms with van der Waals surface area (Å²) in [7, 11) is 3.00. The van der Waals surface area contributed by atoms with Gasteiger partial charge in [-0.1, -0.05) is 6.92 Å². The first-order valence-corrected chi connectivity index (χ1v) is 2.77. The molecule has 0 saturated carbocycles. The minimum Gasteiger partial charge on any atom is -0.333 e. The van der Waals surface area contributed by atoms with E-state index in [0.29, 0.717) is 0 Å². The van der Waals surface area contributed by atoms with E-state index in [-0.39, 0.29) is 12.4 Å². The van der Waals surface area contributed by atoms with Gasteiger partial charge in [-0.25, -0.2) is 0 Å². The molecular weight excluding hydrogens is 138 g/mol. The van der Waals surface area contributed by atoms with E-state index in [1.54, 1.807) is 0 Å². The van der Waals surface area contributed by atoms with E-state index in [1.165, 1.54) is 14.1 Å². The molecule has 6 N–H and O–H groups in total. The van der Waals surface area contributed by atoms with Crippen molar-refractivity contribution in [2.24, 2.45) is 17.2 Å². The third kappa shape index (κ3) is 227. The van der Waals surface area contributed by atoms with Gasteiger partial charge in [0.2, 0.25) is 0 Å². The Hall–Kier alpha value is 0.170. The Morgan fingerprint density at radius 3 is 1.11 bits per heavy atom. The summed E-state index contributed by atoms with van der Waals surface area (Å²) in [5.74, 6) is 0. The molecule has 0 heterocycles. The number of hydrogen-bond donors (Lipinski definition) is 3. The summed E-state index contributed by atoms with van der Waals surface area (Å²) in [5, 5.41) is 0. The fraction of sp³-hybridized carbons (Fsp3) is 1.00. The van der Waals surface area contributed by atoms with Crippen LogP contribution < -0.4 is 17.2 Å². The van der Waals surface area contributed by atoms with Gasteiger partial charge >= 0.3 is 0 Å². The van der Waals surface area contributed by atoms with E-state index in [9.17, 15) is 0 Å². The van der Waals surface area contributed by atoms with Crippen molar-refractivity contribution in [1.29, 1.82) is 0 Å². The van der Waals surface area contributed by atoms with Crippen molar-refractivity contribution in [2.45, 2.75) is 13.3 Å². The average molecular weight is 158 g/mol. The zero-order chi connectivity index (χ0) is 7.41. The van der Waals surface area contributed by atoms with Gasteiger partial charge in [0.15, 0.2) is 0 Å². The quantitative estimate of drug-likeness (QED) is 0.499. The predicted molar refractivity (Wildman–Crippen MR) is 46.8 cm³/mol. The highest BCUT2D eigenvalue weighted by molar-refractivity contribution is 5.85. The second-order valence-electron chi connectivity index (χ2n) is 0.789. The van der Waals surface area contributed by atoms with Gasteiger partial charge in [0.05, 0.1) is 0 Å². The van der Waals surface area contributed by atoms with Crippen LogP contribution in [0.25, 0.3) is 0 Å². The lowest BCUT2D eigenvalue weighted by atomic mass is 10.5. The molecule has 3 nitrogen and oxygen atoms in total. The summed E-state index contributed by atoms with van der Waals surface area (Å²) >= 11 is 0. The van der Waals surface area contributed by atoms with E-state index in [1.807, 2.05) is 0 Å². The molecule has 0 aromatic carbocycles. The summed E-state index contributed by atoms with van der Waals surface area (Å²) in [5.41, 5.74) is 14.0. The molecule has 4 heteroatoms. The molecule has 0 amide bonds. The zero-order valence-electron chi connectivity index (χ0n) is 6.55. The molecule has 0 aliphatic rings. The normalized spacial score (nSPS) is 4.67. The van der Waals surface area contributed by atoms with Gasteiger partial charge in [-0.05, 0) is 27.1 Å². The fourth-order valence-electron chi connectivity index (χ4n) is 0. The molecule has 0 aromatic heterocycles. The molecule has 0 aliphatic carbocycles. The largest absolute Gasteiger partial charge is 0.333 e. The van der Waals surface area contributed by atoms with Crippen molar-refractivity contribution in [3.63, 3.8) is 0 Å². The molecule has 0 saturated heterocycles. The van der Waals surface area contributed by atoms with E-state index in [2.05, 4.69) is 18.4 Å². The third-order valence-electron chi connectivity index (χ3n) is 0.289. The zero-order valence-corrected chi connectivity index (χ0v) is 7.37. The highest BCUT2D eigenvalue weighted by Gasteiger charge is 1.55. The lowest BCUT2D eigenvalue weighted by Gasteiger charge is -1.70. The maximum atomic E-state index is 5.03. The van der Waals surface area contributed by atoms with Gasteiger partial charge in [-0.15, -0.1) is 12.4 Å². The fourth-order valence-corrected chi connectivity index (χ4v) is 0. The first-order chi connectivity index (χ1) is 3.91. The second-order valence-corrected chi connectivity index (χ2v) is 0.789. The lowest BCUT2D eigenvalue weighted by molar-refractivity contribution is 0.932. The highest BCUT2D eigenvalue weighted by Crippen LogP contribution is 1.57.